The number of rotatable bonds is 6. The maximum atomic E-state index is 5.00. The fourth-order valence-electron chi connectivity index (χ4n) is 2.62. The van der Waals surface area contributed by atoms with Gasteiger partial charge in [0.25, 0.3) is 0 Å². The first-order chi connectivity index (χ1) is 9.81. The van der Waals surface area contributed by atoms with Crippen LogP contribution in [0.2, 0.25) is 0 Å². The Morgan fingerprint density at radius 3 is 2.43 bits per heavy atom. The van der Waals surface area contributed by atoms with Gasteiger partial charge in [-0.05, 0) is 43.5 Å². The lowest BCUT2D eigenvalue weighted by Gasteiger charge is -2.28. The average Bonchev–Trinajstić information content (AvgIpc) is 3.19. The summed E-state index contributed by atoms with van der Waals surface area (Å²) in [6.07, 6.45) is 2.63. The second-order valence-electron chi connectivity index (χ2n) is 7.78. The highest BCUT2D eigenvalue weighted by molar-refractivity contribution is 5.46. The van der Waals surface area contributed by atoms with Crippen molar-refractivity contribution in [2.45, 2.75) is 65.5 Å². The van der Waals surface area contributed by atoms with E-state index in [1.54, 1.807) is 0 Å². The molecule has 1 aromatic rings. The highest BCUT2D eigenvalue weighted by Gasteiger charge is 2.31. The molecule has 1 fully saturated rings. The Kier molecular flexibility index (Phi) is 4.92. The van der Waals surface area contributed by atoms with Gasteiger partial charge in [0.15, 0.2) is 0 Å². The first-order valence-electron chi connectivity index (χ1n) is 8.24. The molecular formula is C18H31N3. The summed E-state index contributed by atoms with van der Waals surface area (Å²) in [5.74, 6) is 1.84. The standard InChI is InChI=1S/C18H31N3/c1-13(2)12-21(15-7-8-15)17-10-14(11-19-6)9-16(20-17)18(3,4)5/h9-10,13,15,19H,7-8,11-12H2,1-6H3. The lowest BCUT2D eigenvalue weighted by molar-refractivity contribution is 0.559. The minimum absolute atomic E-state index is 0.0888. The maximum absolute atomic E-state index is 5.00. The van der Waals surface area contributed by atoms with Gasteiger partial charge in [-0.2, -0.15) is 0 Å². The predicted octanol–water partition coefficient (Wildman–Crippen LogP) is 3.72. The second kappa shape index (κ2) is 6.35. The van der Waals surface area contributed by atoms with E-state index in [-0.39, 0.29) is 5.41 Å². The summed E-state index contributed by atoms with van der Waals surface area (Å²) < 4.78 is 0. The molecular weight excluding hydrogens is 258 g/mol. The Morgan fingerprint density at radius 1 is 1.29 bits per heavy atom. The third-order valence-corrected chi connectivity index (χ3v) is 3.86. The highest BCUT2D eigenvalue weighted by Crippen LogP contribution is 2.33. The zero-order valence-corrected chi connectivity index (χ0v) is 14.5. The molecule has 0 bridgehead atoms. The van der Waals surface area contributed by atoms with Gasteiger partial charge in [-0.25, -0.2) is 4.98 Å². The summed E-state index contributed by atoms with van der Waals surface area (Å²) in [7, 11) is 2.00. The largest absolute Gasteiger partial charge is 0.353 e. The van der Waals surface area contributed by atoms with E-state index in [0.717, 1.165) is 13.1 Å². The van der Waals surface area contributed by atoms with Crippen molar-refractivity contribution in [3.8, 4) is 0 Å². The molecule has 3 heteroatoms. The van der Waals surface area contributed by atoms with Crippen LogP contribution in [-0.4, -0.2) is 24.6 Å². The Morgan fingerprint density at radius 2 is 1.95 bits per heavy atom. The first kappa shape index (κ1) is 16.3. The third-order valence-electron chi connectivity index (χ3n) is 3.86. The molecule has 1 aliphatic carbocycles. The zero-order valence-electron chi connectivity index (χ0n) is 14.5. The van der Waals surface area contributed by atoms with E-state index in [9.17, 15) is 0 Å². The van der Waals surface area contributed by atoms with Crippen LogP contribution in [0.5, 0.6) is 0 Å². The molecule has 0 aromatic carbocycles. The average molecular weight is 289 g/mol. The topological polar surface area (TPSA) is 28.2 Å². The molecule has 0 atom stereocenters. The second-order valence-corrected chi connectivity index (χ2v) is 7.78. The van der Waals surface area contributed by atoms with E-state index < -0.39 is 0 Å². The van der Waals surface area contributed by atoms with Gasteiger partial charge in [0, 0.05) is 30.2 Å². The lowest BCUT2D eigenvalue weighted by atomic mass is 9.90. The summed E-state index contributed by atoms with van der Waals surface area (Å²) in [5, 5.41) is 3.27. The molecule has 2 rings (SSSR count). The SMILES string of the molecule is CNCc1cc(N(CC(C)C)C2CC2)nc(C(C)(C)C)c1. The molecule has 0 aliphatic heterocycles. The lowest BCUT2D eigenvalue weighted by Crippen LogP contribution is -2.31. The minimum Gasteiger partial charge on any atom is -0.353 e. The monoisotopic (exact) mass is 289 g/mol. The molecule has 1 aliphatic rings. The van der Waals surface area contributed by atoms with Crippen molar-refractivity contribution in [3.05, 3.63) is 23.4 Å². The van der Waals surface area contributed by atoms with Gasteiger partial charge in [0.05, 0.1) is 0 Å². The number of nitrogens with one attached hydrogen (secondary N) is 1. The number of nitrogens with zero attached hydrogens (tertiary/aromatic N) is 2. The van der Waals surface area contributed by atoms with Crippen molar-refractivity contribution in [2.24, 2.45) is 5.92 Å². The number of aromatic nitrogens is 1. The fraction of sp³-hybridized carbons (Fsp3) is 0.722. The van der Waals surface area contributed by atoms with Crippen molar-refractivity contribution in [1.29, 1.82) is 0 Å². The van der Waals surface area contributed by atoms with Gasteiger partial charge >= 0.3 is 0 Å². The van der Waals surface area contributed by atoms with Crippen molar-refractivity contribution < 1.29 is 0 Å². The molecule has 1 aromatic heterocycles. The molecule has 0 spiro atoms. The van der Waals surface area contributed by atoms with Crippen LogP contribution in [0.15, 0.2) is 12.1 Å². The van der Waals surface area contributed by atoms with Crippen LogP contribution in [0.1, 0.15) is 58.7 Å². The first-order valence-corrected chi connectivity index (χ1v) is 8.24. The highest BCUT2D eigenvalue weighted by atomic mass is 15.2. The molecule has 0 unspecified atom stereocenters. The summed E-state index contributed by atoms with van der Waals surface area (Å²) in [4.78, 5) is 7.53. The van der Waals surface area contributed by atoms with E-state index in [4.69, 9.17) is 4.98 Å². The number of anilines is 1. The van der Waals surface area contributed by atoms with E-state index >= 15 is 0 Å². The molecule has 1 N–H and O–H groups in total. The van der Waals surface area contributed by atoms with Gasteiger partial charge < -0.3 is 10.2 Å². The predicted molar refractivity (Wildman–Crippen MR) is 90.9 cm³/mol. The minimum atomic E-state index is 0.0888. The summed E-state index contributed by atoms with van der Waals surface area (Å²) in [6, 6.07) is 5.23. The number of hydrogen-bond donors (Lipinski definition) is 1. The fourth-order valence-corrected chi connectivity index (χ4v) is 2.62. The van der Waals surface area contributed by atoms with Crippen molar-refractivity contribution in [3.63, 3.8) is 0 Å². The molecule has 21 heavy (non-hydrogen) atoms. The molecule has 118 valence electrons. The van der Waals surface area contributed by atoms with E-state index in [1.165, 1.54) is 29.9 Å². The summed E-state index contributed by atoms with van der Waals surface area (Å²) in [5.41, 5.74) is 2.62. The van der Waals surface area contributed by atoms with Crippen LogP contribution in [0.25, 0.3) is 0 Å². The van der Waals surface area contributed by atoms with Crippen LogP contribution < -0.4 is 10.2 Å². The van der Waals surface area contributed by atoms with Crippen molar-refractivity contribution in [1.82, 2.24) is 10.3 Å². The maximum Gasteiger partial charge on any atom is 0.129 e. The number of pyridine rings is 1. The van der Waals surface area contributed by atoms with E-state index in [0.29, 0.717) is 12.0 Å². The van der Waals surface area contributed by atoms with Gasteiger partial charge in [-0.15, -0.1) is 0 Å². The van der Waals surface area contributed by atoms with Gasteiger partial charge in [-0.1, -0.05) is 34.6 Å². The normalized spacial score (nSPS) is 15.6. The van der Waals surface area contributed by atoms with Crippen LogP contribution in [0.3, 0.4) is 0 Å². The van der Waals surface area contributed by atoms with Gasteiger partial charge in [0.2, 0.25) is 0 Å². The molecule has 1 heterocycles. The summed E-state index contributed by atoms with van der Waals surface area (Å²) >= 11 is 0. The van der Waals surface area contributed by atoms with Crippen LogP contribution in [0, 0.1) is 5.92 Å². The van der Waals surface area contributed by atoms with E-state index in [2.05, 4.69) is 57.0 Å². The van der Waals surface area contributed by atoms with E-state index in [1.807, 2.05) is 7.05 Å². The molecule has 1 saturated carbocycles. The van der Waals surface area contributed by atoms with Gasteiger partial charge in [0.1, 0.15) is 5.82 Å². The van der Waals surface area contributed by atoms with Crippen molar-refractivity contribution >= 4 is 5.82 Å². The zero-order chi connectivity index (χ0) is 15.6. The Bertz CT molecular complexity index is 470. The quantitative estimate of drug-likeness (QED) is 0.865. The summed E-state index contributed by atoms with van der Waals surface area (Å²) in [6.45, 7) is 13.3. The third kappa shape index (κ3) is 4.44. The number of hydrogen-bond acceptors (Lipinski definition) is 3. The Balaban J connectivity index is 2.37. The van der Waals surface area contributed by atoms with Gasteiger partial charge in [-0.3, -0.25) is 0 Å². The smallest absolute Gasteiger partial charge is 0.129 e. The van der Waals surface area contributed by atoms with Crippen LogP contribution >= 0.6 is 0 Å². The van der Waals surface area contributed by atoms with Crippen LogP contribution in [0.4, 0.5) is 5.82 Å². The Labute approximate surface area is 130 Å². The molecule has 0 radical (unpaired) electrons. The molecule has 3 nitrogen and oxygen atoms in total. The Hall–Kier alpha value is -1.09. The van der Waals surface area contributed by atoms with Crippen molar-refractivity contribution in [2.75, 3.05) is 18.5 Å². The molecule has 0 saturated heterocycles. The molecule has 0 amide bonds. The van der Waals surface area contributed by atoms with Crippen LogP contribution in [-0.2, 0) is 12.0 Å².